The average Bonchev–Trinajstić information content (AvgIpc) is 3.24. The van der Waals surface area contributed by atoms with E-state index in [1.54, 1.807) is 25.2 Å². The molecule has 2 aliphatic heterocycles. The highest BCUT2D eigenvalue weighted by Gasteiger charge is 2.51. The van der Waals surface area contributed by atoms with E-state index in [2.05, 4.69) is 18.0 Å². The van der Waals surface area contributed by atoms with Crippen LogP contribution in [0, 0.1) is 24.7 Å². The number of hydrogen-bond donors (Lipinski definition) is 2. The maximum absolute atomic E-state index is 12.5. The Hall–Kier alpha value is -1.61. The molecule has 8 heteroatoms. The Morgan fingerprint density at radius 2 is 1.88 bits per heavy atom. The number of ether oxygens (including phenoxy) is 2. The van der Waals surface area contributed by atoms with Crippen molar-refractivity contribution in [2.45, 2.75) is 97.6 Å². The number of thiazole rings is 1. The van der Waals surface area contributed by atoms with E-state index >= 15 is 0 Å². The first kappa shape index (κ1) is 28.6. The largest absolute Gasteiger partial charge is 0.465 e. The van der Waals surface area contributed by atoms with E-state index in [-0.39, 0.29) is 36.4 Å². The molecule has 34 heavy (non-hydrogen) atoms. The first-order valence-electron chi connectivity index (χ1n) is 12.3. The maximum Gasteiger partial charge on any atom is 0.308 e. The van der Waals surface area contributed by atoms with Gasteiger partial charge in [-0.15, -0.1) is 11.3 Å². The molecule has 0 amide bonds. The number of esters is 1. The lowest BCUT2D eigenvalue weighted by atomic mass is 9.81. The van der Waals surface area contributed by atoms with Gasteiger partial charge in [-0.05, 0) is 45.6 Å². The van der Waals surface area contributed by atoms with Gasteiger partial charge in [0.05, 0.1) is 41.9 Å². The second kappa shape index (κ2) is 12.9. The van der Waals surface area contributed by atoms with Gasteiger partial charge >= 0.3 is 5.97 Å². The van der Waals surface area contributed by atoms with Crippen molar-refractivity contribution in [1.82, 2.24) is 4.98 Å². The molecule has 192 valence electrons. The highest BCUT2D eigenvalue weighted by molar-refractivity contribution is 7.12. The number of nitrogens with zero attached hydrogens (tertiary/aromatic N) is 1. The van der Waals surface area contributed by atoms with Gasteiger partial charge < -0.3 is 19.7 Å². The number of aliphatic hydroxyl groups is 2. The lowest BCUT2D eigenvalue weighted by Crippen LogP contribution is -2.38. The molecule has 2 N–H and O–H groups in total. The number of fused-ring (bicyclic) bond motifs is 1. The third-order valence-electron chi connectivity index (χ3n) is 6.93. The summed E-state index contributed by atoms with van der Waals surface area (Å²) in [4.78, 5) is 29.7. The predicted molar refractivity (Wildman–Crippen MR) is 133 cm³/mol. The summed E-state index contributed by atoms with van der Waals surface area (Å²) in [6.07, 6.45) is 7.25. The number of allylic oxidation sites excluding steroid dienone is 1. The fraction of sp³-hybridized carbons (Fsp3) is 0.731. The first-order chi connectivity index (χ1) is 16.0. The molecule has 0 radical (unpaired) electrons. The van der Waals surface area contributed by atoms with Crippen LogP contribution in [0.25, 0.3) is 6.08 Å². The number of cyclic esters (lactones) is 1. The second-order valence-electron chi connectivity index (χ2n) is 9.82. The number of Topliss-reactive ketones (excluding diaryl/α,β-unsaturated/α-hetero) is 1. The highest BCUT2D eigenvalue weighted by atomic mass is 32.1. The molecule has 0 bridgehead atoms. The maximum atomic E-state index is 12.5. The first-order valence-corrected chi connectivity index (χ1v) is 13.1. The van der Waals surface area contributed by atoms with Crippen LogP contribution in [0.1, 0.15) is 76.6 Å². The molecular formula is C26H41NO6S. The number of aryl methyl sites for hydroxylation is 1. The van der Waals surface area contributed by atoms with Crippen LogP contribution in [0.3, 0.4) is 0 Å². The molecule has 1 aromatic rings. The summed E-state index contributed by atoms with van der Waals surface area (Å²) in [5.41, 5.74) is -0.177. The molecule has 3 rings (SSSR count). The summed E-state index contributed by atoms with van der Waals surface area (Å²) in [5.74, 6) is -2.04. The molecule has 0 saturated carbocycles. The van der Waals surface area contributed by atoms with Gasteiger partial charge in [0.2, 0.25) is 0 Å². The monoisotopic (exact) mass is 495 g/mol. The van der Waals surface area contributed by atoms with E-state index in [0.717, 1.165) is 24.3 Å². The third-order valence-corrected chi connectivity index (χ3v) is 7.81. The summed E-state index contributed by atoms with van der Waals surface area (Å²) in [6, 6.07) is 0. The Morgan fingerprint density at radius 3 is 2.50 bits per heavy atom. The van der Waals surface area contributed by atoms with Gasteiger partial charge in [-0.3, -0.25) is 9.59 Å². The van der Waals surface area contributed by atoms with Crippen molar-refractivity contribution in [2.75, 3.05) is 6.61 Å². The van der Waals surface area contributed by atoms with Crippen molar-refractivity contribution in [2.24, 2.45) is 17.8 Å². The molecule has 7 unspecified atom stereocenters. The van der Waals surface area contributed by atoms with Gasteiger partial charge in [-0.2, -0.15) is 0 Å². The zero-order valence-electron chi connectivity index (χ0n) is 21.3. The minimum Gasteiger partial charge on any atom is -0.465 e. The summed E-state index contributed by atoms with van der Waals surface area (Å²) in [6.45, 7) is 11.6. The number of aliphatic hydroxyl groups excluding tert-OH is 2. The van der Waals surface area contributed by atoms with E-state index in [4.69, 9.17) is 9.47 Å². The fourth-order valence-corrected chi connectivity index (χ4v) is 5.15. The third kappa shape index (κ3) is 8.26. The van der Waals surface area contributed by atoms with Crippen LogP contribution < -0.4 is 0 Å². The minimum atomic E-state index is -1.10. The minimum absolute atomic E-state index is 0.0121. The average molecular weight is 496 g/mol. The molecular weight excluding hydrogens is 454 g/mol. The topological polar surface area (TPSA) is 109 Å². The number of aromatic nitrogens is 1. The van der Waals surface area contributed by atoms with E-state index in [1.807, 2.05) is 33.0 Å². The van der Waals surface area contributed by atoms with Crippen LogP contribution in [0.2, 0.25) is 0 Å². The van der Waals surface area contributed by atoms with Crippen molar-refractivity contribution in [3.63, 3.8) is 0 Å². The quantitative estimate of drug-likeness (QED) is 0.441. The number of carbonyl (C=O) groups is 2. The normalized spacial score (nSPS) is 35.8. The van der Waals surface area contributed by atoms with E-state index in [1.165, 1.54) is 4.88 Å². The number of carbonyl (C=O) groups excluding carboxylic acids is 2. The van der Waals surface area contributed by atoms with Crippen LogP contribution in [-0.4, -0.2) is 57.5 Å². The van der Waals surface area contributed by atoms with E-state index in [9.17, 15) is 19.8 Å². The second-order valence-corrected chi connectivity index (χ2v) is 11.1. The van der Waals surface area contributed by atoms with Crippen molar-refractivity contribution >= 4 is 29.2 Å². The molecule has 0 spiro atoms. The Morgan fingerprint density at radius 1 is 1.18 bits per heavy atom. The summed E-state index contributed by atoms with van der Waals surface area (Å²) in [5, 5.41) is 21.8. The molecule has 2 saturated heterocycles. The zero-order chi connectivity index (χ0) is 25.5. The van der Waals surface area contributed by atoms with E-state index < -0.39 is 30.0 Å². The SMILES string of the molecule is C/C=C\c1cnc(C)s1.CC1CCCC2(C)OC2CCOC(=O)CC(O)C(C)C(=O)C(C)C1O. The Kier molecular flexibility index (Phi) is 10.9. The van der Waals surface area contributed by atoms with Gasteiger partial charge in [0.1, 0.15) is 5.78 Å². The van der Waals surface area contributed by atoms with Gasteiger partial charge in [0.15, 0.2) is 0 Å². The van der Waals surface area contributed by atoms with Gasteiger partial charge in [0, 0.05) is 29.3 Å². The Bertz CT molecular complexity index is 839. The number of rotatable bonds is 1. The Labute approximate surface area is 207 Å². The predicted octanol–water partition coefficient (Wildman–Crippen LogP) is 4.34. The summed E-state index contributed by atoms with van der Waals surface area (Å²) >= 11 is 1.71. The molecule has 2 fully saturated rings. The Balaban J connectivity index is 0.000000379. The standard InChI is InChI=1S/C19H32O6.C7H9NS/c1-11-6-5-8-19(4)15(25-19)7-9-24-16(21)10-14(20)12(2)18(23)13(3)17(11)22;1-3-4-7-5-8-6(2)9-7/h11-15,17,20,22H,5-10H2,1-4H3;3-5H,1-2H3/b;4-3-. The highest BCUT2D eigenvalue weighted by Crippen LogP contribution is 2.43. The molecule has 0 aromatic carbocycles. The molecule has 7 atom stereocenters. The van der Waals surface area contributed by atoms with Gasteiger partial charge in [-0.25, -0.2) is 4.98 Å². The van der Waals surface area contributed by atoms with Crippen LogP contribution in [0.15, 0.2) is 12.3 Å². The lowest BCUT2D eigenvalue weighted by molar-refractivity contribution is -0.147. The van der Waals surface area contributed by atoms with Crippen LogP contribution in [-0.2, 0) is 19.1 Å². The molecule has 1 aromatic heterocycles. The van der Waals surface area contributed by atoms with Crippen molar-refractivity contribution in [1.29, 1.82) is 0 Å². The molecule has 0 aliphatic carbocycles. The van der Waals surface area contributed by atoms with Crippen molar-refractivity contribution in [3.05, 3.63) is 22.2 Å². The summed E-state index contributed by atoms with van der Waals surface area (Å²) < 4.78 is 10.9. The lowest BCUT2D eigenvalue weighted by Gasteiger charge is -2.28. The van der Waals surface area contributed by atoms with Crippen LogP contribution in [0.4, 0.5) is 0 Å². The number of hydrogen-bond acceptors (Lipinski definition) is 8. The molecule has 7 nitrogen and oxygen atoms in total. The molecule has 2 aliphatic rings. The van der Waals surface area contributed by atoms with Crippen molar-refractivity contribution in [3.8, 4) is 0 Å². The fourth-order valence-electron chi connectivity index (χ4n) is 4.39. The summed E-state index contributed by atoms with van der Waals surface area (Å²) in [7, 11) is 0. The van der Waals surface area contributed by atoms with Crippen LogP contribution in [0.5, 0.6) is 0 Å². The smallest absolute Gasteiger partial charge is 0.308 e. The van der Waals surface area contributed by atoms with E-state index in [0.29, 0.717) is 6.42 Å². The van der Waals surface area contributed by atoms with Gasteiger partial charge in [-0.1, -0.05) is 33.3 Å². The van der Waals surface area contributed by atoms with Gasteiger partial charge in [0.25, 0.3) is 0 Å². The van der Waals surface area contributed by atoms with Crippen LogP contribution >= 0.6 is 11.3 Å². The number of epoxide rings is 1. The zero-order valence-corrected chi connectivity index (χ0v) is 22.1. The molecule has 3 heterocycles. The van der Waals surface area contributed by atoms with Crippen molar-refractivity contribution < 1.29 is 29.3 Å². The number of ketones is 1.